The molecule has 1 saturated heterocycles. The van der Waals surface area contributed by atoms with Gasteiger partial charge < -0.3 is 4.90 Å². The van der Waals surface area contributed by atoms with E-state index >= 15 is 0 Å². The Morgan fingerprint density at radius 1 is 1.19 bits per heavy atom. The average Bonchev–Trinajstić information content (AvgIpc) is 2.97. The number of rotatable bonds is 3. The van der Waals surface area contributed by atoms with E-state index in [1.807, 2.05) is 36.1 Å². The van der Waals surface area contributed by atoms with Gasteiger partial charge in [0.05, 0.1) is 0 Å². The first-order valence-electron chi connectivity index (χ1n) is 7.35. The highest BCUT2D eigenvalue weighted by molar-refractivity contribution is 5.75. The number of amides is 1. The minimum atomic E-state index is 0.0726. The van der Waals surface area contributed by atoms with E-state index in [-0.39, 0.29) is 12.5 Å². The van der Waals surface area contributed by atoms with Crippen molar-refractivity contribution in [3.05, 3.63) is 29.8 Å². The first-order chi connectivity index (χ1) is 10.2. The molecule has 110 valence electrons. The summed E-state index contributed by atoms with van der Waals surface area (Å²) >= 11 is 0. The Hall–Kier alpha value is -2.24. The monoisotopic (exact) mass is 285 g/mol. The van der Waals surface area contributed by atoms with Crippen molar-refractivity contribution in [2.24, 2.45) is 0 Å². The van der Waals surface area contributed by atoms with E-state index < -0.39 is 0 Å². The molecule has 1 aliphatic heterocycles. The van der Waals surface area contributed by atoms with Crippen LogP contribution in [0.3, 0.4) is 0 Å². The number of benzene rings is 1. The molecule has 2 aromatic rings. The molecule has 0 unspecified atom stereocenters. The molecule has 2 heterocycles. The fourth-order valence-corrected chi connectivity index (χ4v) is 2.61. The fourth-order valence-electron chi connectivity index (χ4n) is 2.61. The maximum Gasteiger partial charge on any atom is 0.246 e. The number of tetrazole rings is 1. The van der Waals surface area contributed by atoms with E-state index in [0.29, 0.717) is 5.82 Å². The molecular weight excluding hydrogens is 266 g/mol. The van der Waals surface area contributed by atoms with Crippen LogP contribution in [0.15, 0.2) is 24.3 Å². The average molecular weight is 285 g/mol. The number of piperidine rings is 1. The molecule has 1 aliphatic rings. The lowest BCUT2D eigenvalue weighted by molar-refractivity contribution is -0.133. The summed E-state index contributed by atoms with van der Waals surface area (Å²) in [5.41, 5.74) is 2.05. The van der Waals surface area contributed by atoms with Gasteiger partial charge in [-0.05, 0) is 37.0 Å². The summed E-state index contributed by atoms with van der Waals surface area (Å²) in [7, 11) is 0. The third-order valence-corrected chi connectivity index (χ3v) is 3.82. The van der Waals surface area contributed by atoms with Gasteiger partial charge in [0.15, 0.2) is 0 Å². The van der Waals surface area contributed by atoms with Crippen molar-refractivity contribution in [2.75, 3.05) is 13.1 Å². The van der Waals surface area contributed by atoms with Gasteiger partial charge in [-0.15, -0.1) is 10.2 Å². The zero-order chi connectivity index (χ0) is 14.7. The van der Waals surface area contributed by atoms with E-state index in [0.717, 1.165) is 37.1 Å². The van der Waals surface area contributed by atoms with Gasteiger partial charge in [0.2, 0.25) is 11.7 Å². The molecule has 1 amide bonds. The Bertz CT molecular complexity index is 630. The topological polar surface area (TPSA) is 63.9 Å². The number of hydrogen-bond donors (Lipinski definition) is 0. The SMILES string of the molecule is Cc1ccccc1-c1nnn(CC(=O)N2CCCCC2)n1. The van der Waals surface area contributed by atoms with Crippen LogP contribution in [0.25, 0.3) is 11.4 Å². The van der Waals surface area contributed by atoms with Crippen LogP contribution in [-0.4, -0.2) is 44.1 Å². The van der Waals surface area contributed by atoms with Gasteiger partial charge in [0.1, 0.15) is 6.54 Å². The maximum atomic E-state index is 12.2. The fraction of sp³-hybridized carbons (Fsp3) is 0.467. The van der Waals surface area contributed by atoms with Crippen LogP contribution < -0.4 is 0 Å². The van der Waals surface area contributed by atoms with Crippen molar-refractivity contribution in [3.63, 3.8) is 0 Å². The zero-order valence-corrected chi connectivity index (χ0v) is 12.2. The summed E-state index contributed by atoms with van der Waals surface area (Å²) in [5.74, 6) is 0.642. The van der Waals surface area contributed by atoms with Crippen LogP contribution >= 0.6 is 0 Å². The quantitative estimate of drug-likeness (QED) is 0.860. The molecule has 21 heavy (non-hydrogen) atoms. The molecule has 0 atom stereocenters. The molecule has 3 rings (SSSR count). The summed E-state index contributed by atoms with van der Waals surface area (Å²) in [6.45, 7) is 3.87. The lowest BCUT2D eigenvalue weighted by Crippen LogP contribution is -2.38. The van der Waals surface area contributed by atoms with Crippen molar-refractivity contribution in [3.8, 4) is 11.4 Å². The van der Waals surface area contributed by atoms with Gasteiger partial charge in [0, 0.05) is 18.7 Å². The van der Waals surface area contributed by atoms with E-state index in [1.165, 1.54) is 11.2 Å². The minimum absolute atomic E-state index is 0.0726. The Kier molecular flexibility index (Phi) is 3.94. The molecule has 6 nitrogen and oxygen atoms in total. The molecule has 1 aromatic heterocycles. The Morgan fingerprint density at radius 2 is 1.95 bits per heavy atom. The number of hydrogen-bond acceptors (Lipinski definition) is 4. The highest BCUT2D eigenvalue weighted by Crippen LogP contribution is 2.17. The van der Waals surface area contributed by atoms with Gasteiger partial charge in [-0.1, -0.05) is 24.3 Å². The molecule has 0 N–H and O–H groups in total. The maximum absolute atomic E-state index is 12.2. The van der Waals surface area contributed by atoms with Crippen molar-refractivity contribution >= 4 is 5.91 Å². The van der Waals surface area contributed by atoms with E-state index in [4.69, 9.17) is 0 Å². The number of carbonyl (C=O) groups excluding carboxylic acids is 1. The van der Waals surface area contributed by atoms with Crippen LogP contribution in [-0.2, 0) is 11.3 Å². The molecule has 1 aromatic carbocycles. The van der Waals surface area contributed by atoms with E-state index in [1.54, 1.807) is 0 Å². The first kappa shape index (κ1) is 13.7. The molecule has 0 aliphatic carbocycles. The van der Waals surface area contributed by atoms with E-state index in [9.17, 15) is 4.79 Å². The van der Waals surface area contributed by atoms with E-state index in [2.05, 4.69) is 15.4 Å². The zero-order valence-electron chi connectivity index (χ0n) is 12.2. The van der Waals surface area contributed by atoms with Crippen molar-refractivity contribution in [1.82, 2.24) is 25.1 Å². The molecule has 0 bridgehead atoms. The van der Waals surface area contributed by atoms with Crippen molar-refractivity contribution in [1.29, 1.82) is 0 Å². The van der Waals surface area contributed by atoms with Gasteiger partial charge >= 0.3 is 0 Å². The number of likely N-dealkylation sites (tertiary alicyclic amines) is 1. The van der Waals surface area contributed by atoms with Gasteiger partial charge in [0.25, 0.3) is 0 Å². The second-order valence-corrected chi connectivity index (χ2v) is 5.40. The normalized spacial score (nSPS) is 15.2. The largest absolute Gasteiger partial charge is 0.341 e. The molecule has 6 heteroatoms. The van der Waals surface area contributed by atoms with Crippen LogP contribution in [0.5, 0.6) is 0 Å². The summed E-state index contributed by atoms with van der Waals surface area (Å²) in [5, 5.41) is 12.4. The Morgan fingerprint density at radius 3 is 2.71 bits per heavy atom. The van der Waals surface area contributed by atoms with Crippen LogP contribution in [0.4, 0.5) is 0 Å². The third-order valence-electron chi connectivity index (χ3n) is 3.82. The number of nitrogens with zero attached hydrogens (tertiary/aromatic N) is 5. The molecular formula is C15H19N5O. The summed E-state index contributed by atoms with van der Waals surface area (Å²) in [6, 6.07) is 7.89. The van der Waals surface area contributed by atoms with Crippen LogP contribution in [0.1, 0.15) is 24.8 Å². The van der Waals surface area contributed by atoms with Crippen molar-refractivity contribution < 1.29 is 4.79 Å². The summed E-state index contributed by atoms with van der Waals surface area (Å²) in [4.78, 5) is 15.5. The molecule has 0 saturated carbocycles. The predicted octanol–water partition coefficient (Wildman–Crippen LogP) is 1.66. The highest BCUT2D eigenvalue weighted by atomic mass is 16.2. The second kappa shape index (κ2) is 6.03. The Labute approximate surface area is 123 Å². The van der Waals surface area contributed by atoms with Gasteiger partial charge in [-0.3, -0.25) is 4.79 Å². The third kappa shape index (κ3) is 3.09. The lowest BCUT2D eigenvalue weighted by atomic mass is 10.1. The van der Waals surface area contributed by atoms with Crippen LogP contribution in [0.2, 0.25) is 0 Å². The molecule has 0 spiro atoms. The lowest BCUT2D eigenvalue weighted by Gasteiger charge is -2.26. The molecule has 0 radical (unpaired) electrons. The van der Waals surface area contributed by atoms with Gasteiger partial charge in [-0.2, -0.15) is 4.80 Å². The first-order valence-corrected chi connectivity index (χ1v) is 7.35. The summed E-state index contributed by atoms with van der Waals surface area (Å²) < 4.78 is 0. The standard InChI is InChI=1S/C15H19N5O/c1-12-7-3-4-8-13(12)15-16-18-20(17-15)11-14(21)19-9-5-2-6-10-19/h3-4,7-8H,2,5-6,9-11H2,1H3. The predicted molar refractivity (Wildman–Crippen MR) is 78.4 cm³/mol. The van der Waals surface area contributed by atoms with Gasteiger partial charge in [-0.25, -0.2) is 0 Å². The molecule has 1 fully saturated rings. The number of aromatic nitrogens is 4. The number of carbonyl (C=O) groups is 1. The van der Waals surface area contributed by atoms with Crippen molar-refractivity contribution in [2.45, 2.75) is 32.7 Å². The van der Waals surface area contributed by atoms with Crippen LogP contribution in [0, 0.1) is 6.92 Å². The Balaban J connectivity index is 1.70. The smallest absolute Gasteiger partial charge is 0.246 e. The number of aryl methyl sites for hydroxylation is 1. The second-order valence-electron chi connectivity index (χ2n) is 5.40. The highest BCUT2D eigenvalue weighted by Gasteiger charge is 2.18. The minimum Gasteiger partial charge on any atom is -0.341 e. The summed E-state index contributed by atoms with van der Waals surface area (Å²) in [6.07, 6.45) is 3.39.